The second-order valence-corrected chi connectivity index (χ2v) is 6.32. The highest BCUT2D eigenvalue weighted by molar-refractivity contribution is 9.10. The van der Waals surface area contributed by atoms with Crippen LogP contribution in [0.5, 0.6) is 11.5 Å². The normalized spacial score (nSPS) is 12.5. The van der Waals surface area contributed by atoms with E-state index in [-0.39, 0.29) is 6.10 Å². The van der Waals surface area contributed by atoms with Crippen molar-refractivity contribution in [3.8, 4) is 11.5 Å². The predicted molar refractivity (Wildman–Crippen MR) is 87.7 cm³/mol. The lowest BCUT2D eigenvalue weighted by Crippen LogP contribution is -2.22. The molecule has 20 heavy (non-hydrogen) atoms. The van der Waals surface area contributed by atoms with Crippen molar-refractivity contribution in [2.45, 2.75) is 39.7 Å². The van der Waals surface area contributed by atoms with Gasteiger partial charge in [0.05, 0.1) is 17.7 Å². The number of nitrogens with one attached hydrogen (secondary N) is 1. The molecule has 0 amide bonds. The van der Waals surface area contributed by atoms with Gasteiger partial charge in [-0.2, -0.15) is 0 Å². The van der Waals surface area contributed by atoms with Gasteiger partial charge < -0.3 is 14.8 Å². The quantitative estimate of drug-likeness (QED) is 0.680. The number of rotatable bonds is 9. The highest BCUT2D eigenvalue weighted by Gasteiger charge is 2.08. The van der Waals surface area contributed by atoms with Gasteiger partial charge in [0.1, 0.15) is 11.5 Å². The number of methoxy groups -OCH3 is 1. The van der Waals surface area contributed by atoms with E-state index < -0.39 is 0 Å². The van der Waals surface area contributed by atoms with Gasteiger partial charge in [0, 0.05) is 0 Å². The van der Waals surface area contributed by atoms with Gasteiger partial charge in [-0.05, 0) is 72.9 Å². The van der Waals surface area contributed by atoms with Gasteiger partial charge in [-0.15, -0.1) is 0 Å². The van der Waals surface area contributed by atoms with Crippen molar-refractivity contribution in [1.82, 2.24) is 5.32 Å². The highest BCUT2D eigenvalue weighted by atomic mass is 79.9. The van der Waals surface area contributed by atoms with Gasteiger partial charge in [-0.25, -0.2) is 0 Å². The maximum absolute atomic E-state index is 5.94. The third-order valence-electron chi connectivity index (χ3n) is 2.98. The fourth-order valence-corrected chi connectivity index (χ4v) is 2.34. The standard InChI is InChI=1S/C16H26BrNO2/c1-12(2)11-18-9-5-6-13(3)20-16-8-7-14(19-4)10-15(16)17/h7-8,10,12-13,18H,5-6,9,11H2,1-4H3. The van der Waals surface area contributed by atoms with Gasteiger partial charge in [-0.3, -0.25) is 0 Å². The first-order valence-corrected chi connectivity index (χ1v) is 8.03. The minimum Gasteiger partial charge on any atom is -0.497 e. The Bertz CT molecular complexity index is 396. The molecular weight excluding hydrogens is 318 g/mol. The Hall–Kier alpha value is -0.740. The van der Waals surface area contributed by atoms with E-state index in [1.54, 1.807) is 7.11 Å². The summed E-state index contributed by atoms with van der Waals surface area (Å²) in [6, 6.07) is 5.78. The molecule has 1 aromatic carbocycles. The molecule has 0 radical (unpaired) electrons. The Kier molecular flexibility index (Phi) is 8.00. The monoisotopic (exact) mass is 343 g/mol. The minimum absolute atomic E-state index is 0.209. The van der Waals surface area contributed by atoms with Gasteiger partial charge in [-0.1, -0.05) is 13.8 Å². The summed E-state index contributed by atoms with van der Waals surface area (Å²) in [5.41, 5.74) is 0. The Morgan fingerprint density at radius 2 is 2.00 bits per heavy atom. The first-order valence-electron chi connectivity index (χ1n) is 7.23. The van der Waals surface area contributed by atoms with Crippen LogP contribution in [0.3, 0.4) is 0 Å². The lowest BCUT2D eigenvalue weighted by atomic mass is 10.2. The molecule has 0 aliphatic rings. The van der Waals surface area contributed by atoms with Crippen molar-refractivity contribution in [2.75, 3.05) is 20.2 Å². The molecular formula is C16H26BrNO2. The largest absolute Gasteiger partial charge is 0.497 e. The van der Waals surface area contributed by atoms with Gasteiger partial charge in [0.25, 0.3) is 0 Å². The van der Waals surface area contributed by atoms with Crippen molar-refractivity contribution in [2.24, 2.45) is 5.92 Å². The van der Waals surface area contributed by atoms with Crippen molar-refractivity contribution < 1.29 is 9.47 Å². The van der Waals surface area contributed by atoms with E-state index in [2.05, 4.69) is 42.0 Å². The topological polar surface area (TPSA) is 30.5 Å². The lowest BCUT2D eigenvalue weighted by molar-refractivity contribution is 0.205. The molecule has 3 nitrogen and oxygen atoms in total. The first kappa shape index (κ1) is 17.3. The molecule has 0 heterocycles. The molecule has 0 aliphatic heterocycles. The summed E-state index contributed by atoms with van der Waals surface area (Å²) < 4.78 is 12.0. The highest BCUT2D eigenvalue weighted by Crippen LogP contribution is 2.30. The van der Waals surface area contributed by atoms with Crippen LogP contribution in [0.4, 0.5) is 0 Å². The predicted octanol–water partition coefficient (Wildman–Crippen LogP) is 4.25. The summed E-state index contributed by atoms with van der Waals surface area (Å²) in [7, 11) is 1.66. The van der Waals surface area contributed by atoms with Crippen LogP contribution in [0.15, 0.2) is 22.7 Å². The number of hydrogen-bond acceptors (Lipinski definition) is 3. The fourth-order valence-electron chi connectivity index (χ4n) is 1.89. The summed E-state index contributed by atoms with van der Waals surface area (Å²) in [6.07, 6.45) is 2.38. The Labute approximate surface area is 131 Å². The van der Waals surface area contributed by atoms with Crippen molar-refractivity contribution >= 4 is 15.9 Å². The number of halogens is 1. The molecule has 0 aromatic heterocycles. The van der Waals surface area contributed by atoms with E-state index in [0.29, 0.717) is 5.92 Å². The SMILES string of the molecule is COc1ccc(OC(C)CCCNCC(C)C)c(Br)c1. The molecule has 0 spiro atoms. The average Bonchev–Trinajstić information content (AvgIpc) is 2.40. The summed E-state index contributed by atoms with van der Waals surface area (Å²) in [6.45, 7) is 8.69. The Morgan fingerprint density at radius 3 is 2.60 bits per heavy atom. The Balaban J connectivity index is 2.29. The van der Waals surface area contributed by atoms with E-state index in [0.717, 1.165) is 41.9 Å². The van der Waals surface area contributed by atoms with Crippen LogP contribution in [-0.2, 0) is 0 Å². The zero-order chi connectivity index (χ0) is 15.0. The van der Waals surface area contributed by atoms with Crippen molar-refractivity contribution in [3.05, 3.63) is 22.7 Å². The lowest BCUT2D eigenvalue weighted by Gasteiger charge is -2.16. The van der Waals surface area contributed by atoms with Crippen molar-refractivity contribution in [1.29, 1.82) is 0 Å². The molecule has 1 rings (SSSR count). The first-order chi connectivity index (χ1) is 9.52. The van der Waals surface area contributed by atoms with Crippen LogP contribution in [0.2, 0.25) is 0 Å². The maximum Gasteiger partial charge on any atom is 0.134 e. The Morgan fingerprint density at radius 1 is 1.25 bits per heavy atom. The van der Waals surface area contributed by atoms with Crippen LogP contribution >= 0.6 is 15.9 Å². The molecule has 4 heteroatoms. The molecule has 0 saturated carbocycles. The molecule has 1 aromatic rings. The third-order valence-corrected chi connectivity index (χ3v) is 3.60. The van der Waals surface area contributed by atoms with Crippen LogP contribution in [-0.4, -0.2) is 26.3 Å². The summed E-state index contributed by atoms with van der Waals surface area (Å²) >= 11 is 3.51. The van der Waals surface area contributed by atoms with Crippen molar-refractivity contribution in [3.63, 3.8) is 0 Å². The molecule has 1 N–H and O–H groups in total. The second-order valence-electron chi connectivity index (χ2n) is 5.47. The van der Waals surface area contributed by atoms with E-state index in [1.807, 2.05) is 18.2 Å². The van der Waals surface area contributed by atoms with Crippen LogP contribution in [0.25, 0.3) is 0 Å². The smallest absolute Gasteiger partial charge is 0.134 e. The summed E-state index contributed by atoms with van der Waals surface area (Å²) in [5.74, 6) is 2.40. The molecule has 0 fully saturated rings. The van der Waals surface area contributed by atoms with E-state index in [9.17, 15) is 0 Å². The van der Waals surface area contributed by atoms with E-state index in [1.165, 1.54) is 0 Å². The molecule has 0 bridgehead atoms. The molecule has 1 unspecified atom stereocenters. The zero-order valence-electron chi connectivity index (χ0n) is 12.9. The summed E-state index contributed by atoms with van der Waals surface area (Å²) in [4.78, 5) is 0. The third kappa shape index (κ3) is 6.62. The summed E-state index contributed by atoms with van der Waals surface area (Å²) in [5, 5.41) is 3.45. The average molecular weight is 344 g/mol. The number of hydrogen-bond donors (Lipinski definition) is 1. The number of ether oxygens (including phenoxy) is 2. The van der Waals surface area contributed by atoms with Gasteiger partial charge in [0.2, 0.25) is 0 Å². The fraction of sp³-hybridized carbons (Fsp3) is 0.625. The molecule has 1 atom stereocenters. The zero-order valence-corrected chi connectivity index (χ0v) is 14.5. The molecule has 114 valence electrons. The van der Waals surface area contributed by atoms with E-state index >= 15 is 0 Å². The van der Waals surface area contributed by atoms with Crippen LogP contribution < -0.4 is 14.8 Å². The van der Waals surface area contributed by atoms with Crippen LogP contribution in [0, 0.1) is 5.92 Å². The van der Waals surface area contributed by atoms with Gasteiger partial charge in [0.15, 0.2) is 0 Å². The van der Waals surface area contributed by atoms with Gasteiger partial charge >= 0.3 is 0 Å². The minimum atomic E-state index is 0.209. The van der Waals surface area contributed by atoms with Crippen LogP contribution in [0.1, 0.15) is 33.6 Å². The maximum atomic E-state index is 5.94. The van der Waals surface area contributed by atoms with E-state index in [4.69, 9.17) is 9.47 Å². The molecule has 0 aliphatic carbocycles. The number of benzene rings is 1. The second kappa shape index (κ2) is 9.24. The molecule has 0 saturated heterocycles.